The molecule has 1 atom stereocenters. The van der Waals surface area contributed by atoms with Crippen LogP contribution in [0.2, 0.25) is 0 Å². The van der Waals surface area contributed by atoms with E-state index >= 15 is 0 Å². The van der Waals surface area contributed by atoms with Crippen LogP contribution in [0.4, 0.5) is 5.82 Å². The average Bonchev–Trinajstić information content (AvgIpc) is 2.43. The molecule has 1 N–H and O–H groups in total. The highest BCUT2D eigenvalue weighted by atomic mass is 16.1. The van der Waals surface area contributed by atoms with E-state index in [-0.39, 0.29) is 11.8 Å². The molecule has 0 aliphatic heterocycles. The first-order valence-electron chi connectivity index (χ1n) is 6.49. The van der Waals surface area contributed by atoms with Crippen molar-refractivity contribution in [2.45, 2.75) is 26.2 Å². The van der Waals surface area contributed by atoms with E-state index in [1.165, 1.54) is 0 Å². The van der Waals surface area contributed by atoms with Gasteiger partial charge in [-0.2, -0.15) is 0 Å². The van der Waals surface area contributed by atoms with E-state index in [1.807, 2.05) is 56.3 Å². The Bertz CT molecular complexity index is 534. The van der Waals surface area contributed by atoms with Gasteiger partial charge in [0.25, 0.3) is 0 Å². The van der Waals surface area contributed by atoms with Gasteiger partial charge in [-0.15, -0.1) is 0 Å². The fourth-order valence-corrected chi connectivity index (χ4v) is 2.01. The van der Waals surface area contributed by atoms with Crippen LogP contribution in [0.5, 0.6) is 0 Å². The lowest BCUT2D eigenvalue weighted by Gasteiger charge is -2.15. The second kappa shape index (κ2) is 6.14. The molecule has 0 spiro atoms. The van der Waals surface area contributed by atoms with Gasteiger partial charge in [-0.1, -0.05) is 43.3 Å². The summed E-state index contributed by atoms with van der Waals surface area (Å²) >= 11 is 0. The predicted octanol–water partition coefficient (Wildman–Crippen LogP) is 3.52. The number of aromatic nitrogens is 1. The Labute approximate surface area is 113 Å². The SMILES string of the molecule is CCC(C(=O)Nc1ccc(C)cn1)c1ccccc1. The summed E-state index contributed by atoms with van der Waals surface area (Å²) in [6, 6.07) is 13.6. The Kier molecular flexibility index (Phi) is 4.29. The number of nitrogens with zero attached hydrogens (tertiary/aromatic N) is 1. The van der Waals surface area contributed by atoms with E-state index in [4.69, 9.17) is 0 Å². The number of carbonyl (C=O) groups excluding carboxylic acids is 1. The number of nitrogens with one attached hydrogen (secondary N) is 1. The molecule has 0 fully saturated rings. The number of hydrogen-bond acceptors (Lipinski definition) is 2. The fourth-order valence-electron chi connectivity index (χ4n) is 2.01. The summed E-state index contributed by atoms with van der Waals surface area (Å²) in [6.07, 6.45) is 2.51. The molecule has 1 amide bonds. The molecular weight excluding hydrogens is 236 g/mol. The minimum Gasteiger partial charge on any atom is -0.310 e. The molecule has 19 heavy (non-hydrogen) atoms. The Morgan fingerprint density at radius 3 is 2.53 bits per heavy atom. The number of pyridine rings is 1. The zero-order chi connectivity index (χ0) is 13.7. The molecular formula is C16H18N2O. The van der Waals surface area contributed by atoms with Gasteiger partial charge in [-0.05, 0) is 30.5 Å². The first-order chi connectivity index (χ1) is 9.20. The van der Waals surface area contributed by atoms with Crippen molar-refractivity contribution >= 4 is 11.7 Å². The second-order valence-electron chi connectivity index (χ2n) is 4.58. The maximum atomic E-state index is 12.3. The molecule has 98 valence electrons. The van der Waals surface area contributed by atoms with Crippen LogP contribution in [0.3, 0.4) is 0 Å². The van der Waals surface area contributed by atoms with Crippen LogP contribution in [-0.2, 0) is 4.79 Å². The lowest BCUT2D eigenvalue weighted by Crippen LogP contribution is -2.21. The topological polar surface area (TPSA) is 42.0 Å². The number of anilines is 1. The van der Waals surface area contributed by atoms with Gasteiger partial charge in [-0.3, -0.25) is 4.79 Å². The molecule has 1 heterocycles. The van der Waals surface area contributed by atoms with E-state index in [2.05, 4.69) is 10.3 Å². The van der Waals surface area contributed by atoms with E-state index < -0.39 is 0 Å². The quantitative estimate of drug-likeness (QED) is 0.907. The molecule has 0 saturated heterocycles. The summed E-state index contributed by atoms with van der Waals surface area (Å²) in [6.45, 7) is 3.98. The van der Waals surface area contributed by atoms with E-state index in [9.17, 15) is 4.79 Å². The Balaban J connectivity index is 2.11. The molecule has 2 aromatic rings. The number of rotatable bonds is 4. The maximum absolute atomic E-state index is 12.3. The molecule has 3 heteroatoms. The highest BCUT2D eigenvalue weighted by Crippen LogP contribution is 2.20. The van der Waals surface area contributed by atoms with Gasteiger partial charge in [0.15, 0.2) is 0 Å². The van der Waals surface area contributed by atoms with E-state index in [0.717, 1.165) is 17.5 Å². The predicted molar refractivity (Wildman–Crippen MR) is 77.1 cm³/mol. The van der Waals surface area contributed by atoms with Gasteiger partial charge in [0.1, 0.15) is 5.82 Å². The van der Waals surface area contributed by atoms with Crippen molar-refractivity contribution in [2.75, 3.05) is 5.32 Å². The van der Waals surface area contributed by atoms with Crippen LogP contribution in [0.15, 0.2) is 48.7 Å². The summed E-state index contributed by atoms with van der Waals surface area (Å²) in [5.41, 5.74) is 2.11. The third-order valence-corrected chi connectivity index (χ3v) is 3.09. The van der Waals surface area contributed by atoms with Gasteiger partial charge in [0.05, 0.1) is 5.92 Å². The number of carbonyl (C=O) groups is 1. The van der Waals surface area contributed by atoms with E-state index in [0.29, 0.717) is 5.82 Å². The molecule has 1 aromatic heterocycles. The third-order valence-electron chi connectivity index (χ3n) is 3.09. The van der Waals surface area contributed by atoms with Crippen molar-refractivity contribution in [2.24, 2.45) is 0 Å². The molecule has 3 nitrogen and oxygen atoms in total. The minimum absolute atomic E-state index is 0.00921. The van der Waals surface area contributed by atoms with Crippen LogP contribution in [0.25, 0.3) is 0 Å². The third kappa shape index (κ3) is 3.41. The largest absolute Gasteiger partial charge is 0.310 e. The summed E-state index contributed by atoms with van der Waals surface area (Å²) in [7, 11) is 0. The van der Waals surface area contributed by atoms with Crippen molar-refractivity contribution in [3.63, 3.8) is 0 Å². The summed E-state index contributed by atoms with van der Waals surface area (Å²) in [5.74, 6) is 0.458. The Morgan fingerprint density at radius 2 is 1.95 bits per heavy atom. The van der Waals surface area contributed by atoms with Crippen molar-refractivity contribution in [3.8, 4) is 0 Å². The van der Waals surface area contributed by atoms with Crippen LogP contribution >= 0.6 is 0 Å². The number of aryl methyl sites for hydroxylation is 1. The van der Waals surface area contributed by atoms with Gasteiger partial charge in [0, 0.05) is 6.20 Å². The first kappa shape index (κ1) is 13.3. The van der Waals surface area contributed by atoms with Gasteiger partial charge >= 0.3 is 0 Å². The zero-order valence-corrected chi connectivity index (χ0v) is 11.3. The van der Waals surface area contributed by atoms with Gasteiger partial charge in [0.2, 0.25) is 5.91 Å². The normalized spacial score (nSPS) is 11.9. The average molecular weight is 254 g/mol. The summed E-state index contributed by atoms with van der Waals surface area (Å²) in [5, 5.41) is 2.87. The lowest BCUT2D eigenvalue weighted by atomic mass is 9.96. The number of hydrogen-bond donors (Lipinski definition) is 1. The van der Waals surface area contributed by atoms with Gasteiger partial charge < -0.3 is 5.32 Å². The first-order valence-corrected chi connectivity index (χ1v) is 6.49. The molecule has 0 aliphatic carbocycles. The standard InChI is InChI=1S/C16H18N2O/c1-3-14(13-7-5-4-6-8-13)16(19)18-15-10-9-12(2)11-17-15/h4-11,14H,3H2,1-2H3,(H,17,18,19). The molecule has 0 aliphatic rings. The fraction of sp³-hybridized carbons (Fsp3) is 0.250. The van der Waals surface area contributed by atoms with Crippen LogP contribution in [0.1, 0.15) is 30.4 Å². The summed E-state index contributed by atoms with van der Waals surface area (Å²) < 4.78 is 0. The Hall–Kier alpha value is -2.16. The molecule has 0 saturated carbocycles. The molecule has 1 aromatic carbocycles. The van der Waals surface area contributed by atoms with Crippen molar-refractivity contribution in [1.82, 2.24) is 4.98 Å². The molecule has 0 bridgehead atoms. The second-order valence-corrected chi connectivity index (χ2v) is 4.58. The number of benzene rings is 1. The number of amides is 1. The van der Waals surface area contributed by atoms with Crippen molar-refractivity contribution < 1.29 is 4.79 Å². The van der Waals surface area contributed by atoms with Crippen LogP contribution < -0.4 is 5.32 Å². The minimum atomic E-state index is -0.135. The molecule has 2 rings (SSSR count). The van der Waals surface area contributed by atoms with Crippen molar-refractivity contribution in [1.29, 1.82) is 0 Å². The zero-order valence-electron chi connectivity index (χ0n) is 11.3. The molecule has 0 radical (unpaired) electrons. The highest BCUT2D eigenvalue weighted by Gasteiger charge is 2.18. The smallest absolute Gasteiger partial charge is 0.233 e. The van der Waals surface area contributed by atoms with E-state index in [1.54, 1.807) is 6.20 Å². The Morgan fingerprint density at radius 1 is 1.21 bits per heavy atom. The maximum Gasteiger partial charge on any atom is 0.233 e. The summed E-state index contributed by atoms with van der Waals surface area (Å²) in [4.78, 5) is 16.5. The lowest BCUT2D eigenvalue weighted by molar-refractivity contribution is -0.117. The van der Waals surface area contributed by atoms with Crippen LogP contribution in [0, 0.1) is 6.92 Å². The van der Waals surface area contributed by atoms with Crippen LogP contribution in [-0.4, -0.2) is 10.9 Å². The molecule has 1 unspecified atom stereocenters. The van der Waals surface area contributed by atoms with Gasteiger partial charge in [-0.25, -0.2) is 4.98 Å². The highest BCUT2D eigenvalue weighted by molar-refractivity contribution is 5.95. The van der Waals surface area contributed by atoms with Crippen molar-refractivity contribution in [3.05, 3.63) is 59.8 Å². The monoisotopic (exact) mass is 254 g/mol.